The summed E-state index contributed by atoms with van der Waals surface area (Å²) < 4.78 is 0. The normalized spacial score (nSPS) is 36.3. The zero-order chi connectivity index (χ0) is 14.3. The monoisotopic (exact) mass is 267 g/mol. The first-order valence-electron chi connectivity index (χ1n) is 7.90. The van der Waals surface area contributed by atoms with Gasteiger partial charge in [-0.25, -0.2) is 0 Å². The molecule has 3 heteroatoms. The maximum Gasteiger partial charge on any atom is 0.0277 e. The minimum Gasteiger partial charge on any atom is -0.315 e. The first-order valence-corrected chi connectivity index (χ1v) is 7.90. The van der Waals surface area contributed by atoms with E-state index in [2.05, 4.69) is 56.9 Å². The van der Waals surface area contributed by atoms with Crippen molar-refractivity contribution in [3.63, 3.8) is 0 Å². The van der Waals surface area contributed by atoms with Crippen LogP contribution in [0.5, 0.6) is 0 Å². The molecule has 0 radical (unpaired) electrons. The van der Waals surface area contributed by atoms with Gasteiger partial charge in [-0.05, 0) is 46.2 Å². The van der Waals surface area contributed by atoms with Crippen LogP contribution in [0.25, 0.3) is 0 Å². The summed E-state index contributed by atoms with van der Waals surface area (Å²) in [5.41, 5.74) is 0.725. The van der Waals surface area contributed by atoms with Crippen LogP contribution in [0, 0.1) is 5.41 Å². The molecule has 0 spiro atoms. The smallest absolute Gasteiger partial charge is 0.0277 e. The molecular formula is C16H33N3. The van der Waals surface area contributed by atoms with E-state index in [9.17, 15) is 0 Å². The molecule has 2 atom stereocenters. The molecule has 2 fully saturated rings. The molecule has 0 aromatic heterocycles. The van der Waals surface area contributed by atoms with Crippen molar-refractivity contribution >= 4 is 0 Å². The Hall–Kier alpha value is -0.120. The molecule has 2 rings (SSSR count). The average molecular weight is 267 g/mol. The van der Waals surface area contributed by atoms with Crippen LogP contribution in [0.2, 0.25) is 0 Å². The number of nitrogens with one attached hydrogen (secondary N) is 1. The largest absolute Gasteiger partial charge is 0.315 e. The van der Waals surface area contributed by atoms with Crippen molar-refractivity contribution in [1.29, 1.82) is 0 Å². The Kier molecular flexibility index (Phi) is 4.29. The molecule has 3 nitrogen and oxygen atoms in total. The fourth-order valence-corrected chi connectivity index (χ4v) is 4.15. The first kappa shape index (κ1) is 15.3. The van der Waals surface area contributed by atoms with Crippen LogP contribution in [0.3, 0.4) is 0 Å². The van der Waals surface area contributed by atoms with E-state index in [1.165, 1.54) is 38.9 Å². The molecule has 2 aliphatic rings. The van der Waals surface area contributed by atoms with Gasteiger partial charge in [0.15, 0.2) is 0 Å². The van der Waals surface area contributed by atoms with Crippen LogP contribution in [0.1, 0.15) is 47.0 Å². The highest BCUT2D eigenvalue weighted by molar-refractivity contribution is 5.00. The molecule has 0 aromatic rings. The molecule has 112 valence electrons. The van der Waals surface area contributed by atoms with Crippen LogP contribution in [0.4, 0.5) is 0 Å². The van der Waals surface area contributed by atoms with E-state index >= 15 is 0 Å². The van der Waals surface area contributed by atoms with Gasteiger partial charge < -0.3 is 5.32 Å². The summed E-state index contributed by atoms with van der Waals surface area (Å²) in [4.78, 5) is 5.26. The Balaban J connectivity index is 2.12. The van der Waals surface area contributed by atoms with Gasteiger partial charge in [0.2, 0.25) is 0 Å². The van der Waals surface area contributed by atoms with Crippen molar-refractivity contribution in [3.8, 4) is 0 Å². The number of rotatable bonds is 2. The summed E-state index contributed by atoms with van der Waals surface area (Å²) in [6.45, 7) is 13.2. The van der Waals surface area contributed by atoms with Gasteiger partial charge in [-0.15, -0.1) is 0 Å². The molecule has 1 aliphatic carbocycles. The summed E-state index contributed by atoms with van der Waals surface area (Å²) in [6.07, 6.45) is 4.09. The molecule has 1 saturated heterocycles. The molecule has 2 unspecified atom stereocenters. The highest BCUT2D eigenvalue weighted by atomic mass is 15.3. The highest BCUT2D eigenvalue weighted by Gasteiger charge is 2.43. The molecule has 1 heterocycles. The molecule has 1 N–H and O–H groups in total. The lowest BCUT2D eigenvalue weighted by atomic mass is 9.70. The van der Waals surface area contributed by atoms with Crippen molar-refractivity contribution in [1.82, 2.24) is 15.1 Å². The van der Waals surface area contributed by atoms with Crippen molar-refractivity contribution in [2.75, 3.05) is 33.7 Å². The predicted octanol–water partition coefficient (Wildman–Crippen LogP) is 2.18. The fraction of sp³-hybridized carbons (Fsp3) is 1.00. The lowest BCUT2D eigenvalue weighted by Gasteiger charge is -2.53. The van der Waals surface area contributed by atoms with Crippen molar-refractivity contribution in [2.24, 2.45) is 5.41 Å². The molecule has 1 aliphatic heterocycles. The molecule has 0 aromatic carbocycles. The van der Waals surface area contributed by atoms with E-state index in [4.69, 9.17) is 0 Å². The second-order valence-corrected chi connectivity index (χ2v) is 7.92. The maximum absolute atomic E-state index is 3.62. The molecule has 0 amide bonds. The summed E-state index contributed by atoms with van der Waals surface area (Å²) >= 11 is 0. The lowest BCUT2D eigenvalue weighted by Crippen LogP contribution is -2.65. The van der Waals surface area contributed by atoms with Crippen molar-refractivity contribution in [3.05, 3.63) is 0 Å². The topological polar surface area (TPSA) is 18.5 Å². The Morgan fingerprint density at radius 2 is 1.79 bits per heavy atom. The molecule has 0 bridgehead atoms. The van der Waals surface area contributed by atoms with Gasteiger partial charge >= 0.3 is 0 Å². The average Bonchev–Trinajstić information content (AvgIpc) is 2.31. The molecule has 1 saturated carbocycles. The third-order valence-corrected chi connectivity index (χ3v) is 5.67. The Morgan fingerprint density at radius 1 is 1.11 bits per heavy atom. The zero-order valence-corrected chi connectivity index (χ0v) is 13.8. The lowest BCUT2D eigenvalue weighted by molar-refractivity contribution is -0.0226. The summed E-state index contributed by atoms with van der Waals surface area (Å²) in [7, 11) is 4.41. The number of piperazine rings is 1. The second kappa shape index (κ2) is 5.34. The van der Waals surface area contributed by atoms with E-state index in [0.717, 1.165) is 0 Å². The van der Waals surface area contributed by atoms with Crippen LogP contribution in [0.15, 0.2) is 0 Å². The summed E-state index contributed by atoms with van der Waals surface area (Å²) in [5.74, 6) is 0. The van der Waals surface area contributed by atoms with Crippen LogP contribution in [-0.2, 0) is 0 Å². The zero-order valence-electron chi connectivity index (χ0n) is 13.8. The Morgan fingerprint density at radius 3 is 2.37 bits per heavy atom. The van der Waals surface area contributed by atoms with Gasteiger partial charge in [-0.3, -0.25) is 9.80 Å². The van der Waals surface area contributed by atoms with E-state index < -0.39 is 0 Å². The summed E-state index contributed by atoms with van der Waals surface area (Å²) in [6, 6.07) is 1.34. The third kappa shape index (κ3) is 2.98. The van der Waals surface area contributed by atoms with Gasteiger partial charge in [0, 0.05) is 37.3 Å². The maximum atomic E-state index is 3.62. The fourth-order valence-electron chi connectivity index (χ4n) is 4.15. The Bertz CT molecular complexity index is 311. The molecular weight excluding hydrogens is 234 g/mol. The van der Waals surface area contributed by atoms with E-state index in [0.29, 0.717) is 23.0 Å². The van der Waals surface area contributed by atoms with E-state index in [-0.39, 0.29) is 0 Å². The van der Waals surface area contributed by atoms with Gasteiger partial charge in [0.05, 0.1) is 0 Å². The second-order valence-electron chi connectivity index (χ2n) is 7.92. The SMILES string of the molecule is CNC1C(N2CCN(C)C(C)(C)C2)CCCC1(C)C. The summed E-state index contributed by atoms with van der Waals surface area (Å²) in [5, 5.41) is 3.62. The van der Waals surface area contributed by atoms with Crippen molar-refractivity contribution in [2.45, 2.75) is 64.6 Å². The van der Waals surface area contributed by atoms with Crippen molar-refractivity contribution < 1.29 is 0 Å². The number of nitrogens with zero attached hydrogens (tertiary/aromatic N) is 2. The molecule has 19 heavy (non-hydrogen) atoms. The minimum absolute atomic E-state index is 0.304. The van der Waals surface area contributed by atoms with Gasteiger partial charge in [0.1, 0.15) is 0 Å². The van der Waals surface area contributed by atoms with Gasteiger partial charge in [-0.1, -0.05) is 20.3 Å². The van der Waals surface area contributed by atoms with Crippen LogP contribution < -0.4 is 5.32 Å². The van der Waals surface area contributed by atoms with Crippen LogP contribution >= 0.6 is 0 Å². The minimum atomic E-state index is 0.304. The first-order chi connectivity index (χ1) is 8.78. The number of hydrogen-bond donors (Lipinski definition) is 1. The standard InChI is InChI=1S/C16H33N3/c1-15(2)9-7-8-13(14(15)17-5)19-11-10-18(6)16(3,4)12-19/h13-14,17H,7-12H2,1-6H3. The number of hydrogen-bond acceptors (Lipinski definition) is 3. The van der Waals surface area contributed by atoms with Crippen LogP contribution in [-0.4, -0.2) is 61.2 Å². The van der Waals surface area contributed by atoms with E-state index in [1.54, 1.807) is 0 Å². The van der Waals surface area contributed by atoms with E-state index in [1.807, 2.05) is 0 Å². The van der Waals surface area contributed by atoms with Gasteiger partial charge in [0.25, 0.3) is 0 Å². The third-order valence-electron chi connectivity index (χ3n) is 5.67. The van der Waals surface area contributed by atoms with Gasteiger partial charge in [-0.2, -0.15) is 0 Å². The quantitative estimate of drug-likeness (QED) is 0.827. The highest BCUT2D eigenvalue weighted by Crippen LogP contribution is 2.38. The Labute approximate surface area is 119 Å². The predicted molar refractivity (Wildman–Crippen MR) is 82.5 cm³/mol. The number of likely N-dealkylation sites (N-methyl/N-ethyl adjacent to an activating group) is 2.